The molecule has 2 aromatic rings. The molecule has 0 N–H and O–H groups in total. The minimum absolute atomic E-state index is 0.0416. The van der Waals surface area contributed by atoms with Gasteiger partial charge in [0.1, 0.15) is 6.61 Å². The highest BCUT2D eigenvalue weighted by atomic mass is 32.2. The maximum Gasteiger partial charge on any atom is 0.330 e. The zero-order valence-corrected chi connectivity index (χ0v) is 18.5. The molecule has 4 rings (SSSR count). The van der Waals surface area contributed by atoms with Crippen molar-refractivity contribution in [3.05, 3.63) is 71.3 Å². The fourth-order valence-electron chi connectivity index (χ4n) is 3.58. The number of ether oxygens (including phenoxy) is 2. The molecule has 0 radical (unpaired) electrons. The summed E-state index contributed by atoms with van der Waals surface area (Å²) in [5, 5.41) is 0. The van der Waals surface area contributed by atoms with Gasteiger partial charge in [-0.1, -0.05) is 24.3 Å². The van der Waals surface area contributed by atoms with Crippen LogP contribution in [0, 0.1) is 0 Å². The quantitative estimate of drug-likeness (QED) is 0.343. The Morgan fingerprint density at radius 3 is 2.18 bits per heavy atom. The van der Waals surface area contributed by atoms with Crippen molar-refractivity contribution in [1.29, 1.82) is 0 Å². The van der Waals surface area contributed by atoms with Gasteiger partial charge in [0.15, 0.2) is 0 Å². The zero-order chi connectivity index (χ0) is 23.4. The van der Waals surface area contributed by atoms with E-state index >= 15 is 0 Å². The molecule has 0 aromatic heterocycles. The van der Waals surface area contributed by atoms with E-state index in [4.69, 9.17) is 9.47 Å². The van der Waals surface area contributed by atoms with Crippen molar-refractivity contribution >= 4 is 33.9 Å². The van der Waals surface area contributed by atoms with E-state index in [2.05, 4.69) is 0 Å². The molecule has 2 amide bonds. The molecule has 0 aliphatic carbocycles. The van der Waals surface area contributed by atoms with E-state index in [9.17, 15) is 22.8 Å². The summed E-state index contributed by atoms with van der Waals surface area (Å²) in [5.41, 5.74) is 1.30. The lowest BCUT2D eigenvalue weighted by molar-refractivity contribution is -0.137. The molecule has 33 heavy (non-hydrogen) atoms. The number of fused-ring (bicyclic) bond motifs is 1. The molecule has 2 aromatic carbocycles. The molecule has 2 heterocycles. The molecule has 0 saturated carbocycles. The largest absolute Gasteiger partial charge is 0.461 e. The third-order valence-electron chi connectivity index (χ3n) is 5.34. The van der Waals surface area contributed by atoms with Crippen LogP contribution in [0.2, 0.25) is 0 Å². The van der Waals surface area contributed by atoms with Crippen LogP contribution in [0.25, 0.3) is 6.08 Å². The molecule has 0 atom stereocenters. The highest BCUT2D eigenvalue weighted by Gasteiger charge is 2.34. The van der Waals surface area contributed by atoms with Crippen molar-refractivity contribution < 1.29 is 32.3 Å². The second-order valence-corrected chi connectivity index (χ2v) is 9.33. The lowest BCUT2D eigenvalue weighted by Gasteiger charge is -2.26. The fourth-order valence-corrected chi connectivity index (χ4v) is 4.99. The number of imide groups is 1. The maximum atomic E-state index is 12.6. The van der Waals surface area contributed by atoms with Crippen molar-refractivity contribution in [1.82, 2.24) is 9.21 Å². The summed E-state index contributed by atoms with van der Waals surface area (Å²) in [6.07, 6.45) is 2.70. The molecule has 1 saturated heterocycles. The van der Waals surface area contributed by atoms with Gasteiger partial charge in [-0.05, 0) is 35.9 Å². The number of hydrogen-bond donors (Lipinski definition) is 0. The number of carbonyl (C=O) groups is 3. The molecule has 0 bridgehead atoms. The Morgan fingerprint density at radius 2 is 1.58 bits per heavy atom. The minimum atomic E-state index is -3.58. The molecule has 0 spiro atoms. The second-order valence-electron chi connectivity index (χ2n) is 7.39. The molecule has 9 nitrogen and oxygen atoms in total. The number of carbonyl (C=O) groups excluding carboxylic acids is 3. The highest BCUT2D eigenvalue weighted by molar-refractivity contribution is 7.89. The Kier molecular flexibility index (Phi) is 6.68. The van der Waals surface area contributed by atoms with E-state index in [1.165, 1.54) is 28.6 Å². The Bertz CT molecular complexity index is 1160. The third kappa shape index (κ3) is 4.87. The van der Waals surface area contributed by atoms with E-state index < -0.39 is 27.8 Å². The fraction of sp³-hybridized carbons (Fsp3) is 0.261. The Labute approximate surface area is 191 Å². The summed E-state index contributed by atoms with van der Waals surface area (Å²) in [7, 11) is -3.58. The van der Waals surface area contributed by atoms with Gasteiger partial charge in [-0.25, -0.2) is 13.2 Å². The monoisotopic (exact) mass is 470 g/mol. The van der Waals surface area contributed by atoms with Crippen LogP contribution in [0.3, 0.4) is 0 Å². The van der Waals surface area contributed by atoms with Gasteiger partial charge in [0, 0.05) is 19.2 Å². The highest BCUT2D eigenvalue weighted by Crippen LogP contribution is 2.22. The first kappa shape index (κ1) is 22.8. The van der Waals surface area contributed by atoms with Crippen molar-refractivity contribution in [2.45, 2.75) is 4.90 Å². The van der Waals surface area contributed by atoms with Gasteiger partial charge in [0.05, 0.1) is 35.8 Å². The lowest BCUT2D eigenvalue weighted by atomic mass is 10.1. The minimum Gasteiger partial charge on any atom is -0.461 e. The van der Waals surface area contributed by atoms with Gasteiger partial charge in [-0.2, -0.15) is 4.31 Å². The van der Waals surface area contributed by atoms with Crippen LogP contribution in [0.4, 0.5) is 0 Å². The predicted octanol–water partition coefficient (Wildman–Crippen LogP) is 1.56. The van der Waals surface area contributed by atoms with E-state index in [1.54, 1.807) is 36.4 Å². The molecule has 10 heteroatoms. The van der Waals surface area contributed by atoms with E-state index in [0.29, 0.717) is 43.0 Å². The summed E-state index contributed by atoms with van der Waals surface area (Å²) in [5.74, 6) is -1.46. The first-order chi connectivity index (χ1) is 15.9. The van der Waals surface area contributed by atoms with Gasteiger partial charge < -0.3 is 9.47 Å². The van der Waals surface area contributed by atoms with Crippen LogP contribution in [-0.4, -0.2) is 74.9 Å². The van der Waals surface area contributed by atoms with E-state index in [0.717, 1.165) is 4.90 Å². The van der Waals surface area contributed by atoms with E-state index in [-0.39, 0.29) is 18.0 Å². The Balaban J connectivity index is 1.29. The van der Waals surface area contributed by atoms with Crippen molar-refractivity contribution in [2.24, 2.45) is 0 Å². The summed E-state index contributed by atoms with van der Waals surface area (Å²) in [4.78, 5) is 37.8. The SMILES string of the molecule is O=C(/C=C/c1ccc(S(=O)(=O)N2CCOCC2)cc1)OCCN1C(=O)c2ccccc2C1=O. The normalized spacial score (nSPS) is 16.9. The Hall–Kier alpha value is -3.34. The molecule has 2 aliphatic heterocycles. The third-order valence-corrected chi connectivity index (χ3v) is 7.25. The van der Waals surface area contributed by atoms with Crippen LogP contribution in [0.5, 0.6) is 0 Å². The number of amides is 2. The topological polar surface area (TPSA) is 110 Å². The molecule has 2 aliphatic rings. The maximum absolute atomic E-state index is 12.6. The first-order valence-corrected chi connectivity index (χ1v) is 11.8. The summed E-state index contributed by atoms with van der Waals surface area (Å²) < 4.78 is 36.9. The second kappa shape index (κ2) is 9.65. The van der Waals surface area contributed by atoms with Gasteiger partial charge in [-0.15, -0.1) is 0 Å². The predicted molar refractivity (Wildman–Crippen MR) is 118 cm³/mol. The number of rotatable bonds is 7. The Morgan fingerprint density at radius 1 is 0.970 bits per heavy atom. The summed E-state index contributed by atoms with van der Waals surface area (Å²) >= 11 is 0. The molecule has 0 unspecified atom stereocenters. The van der Waals surface area contributed by atoms with Crippen molar-refractivity contribution in [3.63, 3.8) is 0 Å². The molecular weight excluding hydrogens is 448 g/mol. The van der Waals surface area contributed by atoms with Crippen LogP contribution in [0.15, 0.2) is 59.5 Å². The van der Waals surface area contributed by atoms with Gasteiger partial charge in [-0.3, -0.25) is 14.5 Å². The zero-order valence-electron chi connectivity index (χ0n) is 17.7. The average Bonchev–Trinajstić information content (AvgIpc) is 3.08. The number of nitrogens with zero attached hydrogens (tertiary/aromatic N) is 2. The number of hydrogen-bond acceptors (Lipinski definition) is 7. The molecular formula is C23H22N2O7S. The van der Waals surface area contributed by atoms with Crippen LogP contribution < -0.4 is 0 Å². The van der Waals surface area contributed by atoms with Crippen LogP contribution >= 0.6 is 0 Å². The number of benzene rings is 2. The standard InChI is InChI=1S/C23H22N2O7S/c26-21(32-16-13-25-22(27)19-3-1-2-4-20(19)23(25)28)10-7-17-5-8-18(9-6-17)33(29,30)24-11-14-31-15-12-24/h1-10H,11-16H2/b10-7+. The average molecular weight is 471 g/mol. The smallest absolute Gasteiger partial charge is 0.330 e. The van der Waals surface area contributed by atoms with Gasteiger partial charge in [0.2, 0.25) is 10.0 Å². The van der Waals surface area contributed by atoms with Crippen LogP contribution in [-0.2, 0) is 24.3 Å². The first-order valence-electron chi connectivity index (χ1n) is 10.4. The van der Waals surface area contributed by atoms with Crippen molar-refractivity contribution in [3.8, 4) is 0 Å². The van der Waals surface area contributed by atoms with Crippen molar-refractivity contribution in [2.75, 3.05) is 39.5 Å². The molecule has 1 fully saturated rings. The van der Waals surface area contributed by atoms with E-state index in [1.807, 2.05) is 0 Å². The molecule has 172 valence electrons. The summed E-state index contributed by atoms with van der Waals surface area (Å²) in [6, 6.07) is 12.7. The number of morpholine rings is 1. The van der Waals surface area contributed by atoms with Crippen LogP contribution in [0.1, 0.15) is 26.3 Å². The number of esters is 1. The lowest BCUT2D eigenvalue weighted by Crippen LogP contribution is -2.40. The van der Waals surface area contributed by atoms with Gasteiger partial charge in [0.25, 0.3) is 11.8 Å². The summed E-state index contributed by atoms with van der Waals surface area (Å²) in [6.45, 7) is 1.20. The van der Waals surface area contributed by atoms with Gasteiger partial charge >= 0.3 is 5.97 Å². The number of sulfonamides is 1.